The molecule has 1 amide bonds. The summed E-state index contributed by atoms with van der Waals surface area (Å²) in [5, 5.41) is 0. The van der Waals surface area contributed by atoms with Gasteiger partial charge in [0.05, 0.1) is 17.6 Å². The number of aromatic nitrogens is 2. The van der Waals surface area contributed by atoms with Gasteiger partial charge in [0.25, 0.3) is 0 Å². The first-order valence-electron chi connectivity index (χ1n) is 11.7. The number of benzene rings is 2. The standard InChI is InChI=1S/C25H30N4O2.C2H6/c1-19(2)29(15-9-10-16-31-18-22(26)30)23-17-27-24(20-11-5-3-6-12-20)25(28-23)21-13-7-4-8-14-21;1-2/h3-8,11-14,17,19H,9-10,15-16,18H2,1-2H3,(H2,26,30);1-2H3. The maximum Gasteiger partial charge on any atom is 0.243 e. The minimum Gasteiger partial charge on any atom is -0.372 e. The lowest BCUT2D eigenvalue weighted by Gasteiger charge is -2.28. The molecule has 1 aromatic heterocycles. The van der Waals surface area contributed by atoms with Gasteiger partial charge >= 0.3 is 0 Å². The third-order valence-corrected chi connectivity index (χ3v) is 4.95. The van der Waals surface area contributed by atoms with Crippen LogP contribution in [0.2, 0.25) is 0 Å². The van der Waals surface area contributed by atoms with Gasteiger partial charge in [0.15, 0.2) is 0 Å². The van der Waals surface area contributed by atoms with Crippen molar-refractivity contribution >= 4 is 11.7 Å². The number of ether oxygens (including phenoxy) is 1. The Balaban J connectivity index is 0.00000187. The van der Waals surface area contributed by atoms with Crippen LogP contribution in [-0.2, 0) is 9.53 Å². The fourth-order valence-corrected chi connectivity index (χ4v) is 3.42. The molecule has 0 fully saturated rings. The lowest BCUT2D eigenvalue weighted by Crippen LogP contribution is -2.33. The molecule has 1 heterocycles. The Morgan fingerprint density at radius 2 is 1.52 bits per heavy atom. The monoisotopic (exact) mass is 448 g/mol. The highest BCUT2D eigenvalue weighted by atomic mass is 16.5. The third kappa shape index (κ3) is 7.99. The lowest BCUT2D eigenvalue weighted by atomic mass is 10.0. The average molecular weight is 449 g/mol. The Morgan fingerprint density at radius 1 is 0.939 bits per heavy atom. The number of nitrogens with two attached hydrogens (primary N) is 1. The molecule has 0 bridgehead atoms. The number of primary amides is 1. The van der Waals surface area contributed by atoms with Gasteiger partial charge in [-0.1, -0.05) is 74.5 Å². The van der Waals surface area contributed by atoms with Crippen molar-refractivity contribution in [3.63, 3.8) is 0 Å². The molecule has 33 heavy (non-hydrogen) atoms. The van der Waals surface area contributed by atoms with E-state index in [2.05, 4.69) is 43.0 Å². The van der Waals surface area contributed by atoms with Gasteiger partial charge in [-0.3, -0.25) is 9.78 Å². The zero-order valence-corrected chi connectivity index (χ0v) is 20.2. The van der Waals surface area contributed by atoms with Gasteiger partial charge in [-0.25, -0.2) is 4.98 Å². The van der Waals surface area contributed by atoms with Crippen LogP contribution >= 0.6 is 0 Å². The number of amides is 1. The van der Waals surface area contributed by atoms with Gasteiger partial charge < -0.3 is 15.4 Å². The number of hydrogen-bond acceptors (Lipinski definition) is 5. The fraction of sp³-hybridized carbons (Fsp3) is 0.370. The normalized spacial score (nSPS) is 10.5. The molecule has 0 saturated carbocycles. The van der Waals surface area contributed by atoms with Crippen LogP contribution in [0.15, 0.2) is 66.9 Å². The molecule has 176 valence electrons. The Bertz CT molecular complexity index is 962. The molecular weight excluding hydrogens is 412 g/mol. The minimum atomic E-state index is -0.439. The SMILES string of the molecule is CC.CC(C)N(CCCCOCC(N)=O)c1cnc(-c2ccccc2)c(-c2ccccc2)n1. The van der Waals surface area contributed by atoms with Crippen LogP contribution in [0, 0.1) is 0 Å². The molecule has 3 aromatic rings. The van der Waals surface area contributed by atoms with Gasteiger partial charge in [-0.05, 0) is 26.7 Å². The predicted molar refractivity (Wildman–Crippen MR) is 136 cm³/mol. The number of carbonyl (C=O) groups excluding carboxylic acids is 1. The van der Waals surface area contributed by atoms with E-state index in [0.717, 1.165) is 47.7 Å². The zero-order valence-electron chi connectivity index (χ0n) is 20.2. The second-order valence-electron chi connectivity index (χ2n) is 7.67. The van der Waals surface area contributed by atoms with Crippen LogP contribution in [-0.4, -0.2) is 41.7 Å². The summed E-state index contributed by atoms with van der Waals surface area (Å²) in [6, 6.07) is 20.6. The van der Waals surface area contributed by atoms with E-state index in [1.54, 1.807) is 0 Å². The number of nitrogens with zero attached hydrogens (tertiary/aromatic N) is 3. The van der Waals surface area contributed by atoms with Crippen LogP contribution in [0.25, 0.3) is 22.5 Å². The van der Waals surface area contributed by atoms with E-state index in [9.17, 15) is 4.79 Å². The summed E-state index contributed by atoms with van der Waals surface area (Å²) in [6.45, 7) is 9.62. The molecule has 6 nitrogen and oxygen atoms in total. The van der Waals surface area contributed by atoms with Crippen molar-refractivity contribution in [2.45, 2.75) is 46.6 Å². The van der Waals surface area contributed by atoms with Crippen LogP contribution in [0.1, 0.15) is 40.5 Å². The van der Waals surface area contributed by atoms with Gasteiger partial charge in [-0.15, -0.1) is 0 Å². The number of carbonyl (C=O) groups is 1. The second kappa shape index (κ2) is 14.0. The molecule has 2 aromatic carbocycles. The van der Waals surface area contributed by atoms with Crippen molar-refractivity contribution in [3.8, 4) is 22.5 Å². The molecule has 0 unspecified atom stereocenters. The molecule has 0 saturated heterocycles. The van der Waals surface area contributed by atoms with Crippen LogP contribution in [0.3, 0.4) is 0 Å². The van der Waals surface area contributed by atoms with Crippen molar-refractivity contribution in [1.29, 1.82) is 0 Å². The Labute approximate surface area is 197 Å². The van der Waals surface area contributed by atoms with Crippen molar-refractivity contribution in [1.82, 2.24) is 9.97 Å². The fourth-order valence-electron chi connectivity index (χ4n) is 3.42. The Morgan fingerprint density at radius 3 is 2.06 bits per heavy atom. The summed E-state index contributed by atoms with van der Waals surface area (Å²) in [6.07, 6.45) is 3.62. The number of unbranched alkanes of at least 4 members (excludes halogenated alkanes) is 1. The van der Waals surface area contributed by atoms with E-state index in [-0.39, 0.29) is 12.6 Å². The van der Waals surface area contributed by atoms with Crippen molar-refractivity contribution < 1.29 is 9.53 Å². The second-order valence-corrected chi connectivity index (χ2v) is 7.67. The topological polar surface area (TPSA) is 81.3 Å². The van der Waals surface area contributed by atoms with Crippen molar-refractivity contribution in [2.24, 2.45) is 5.73 Å². The first-order valence-corrected chi connectivity index (χ1v) is 11.7. The maximum absolute atomic E-state index is 10.8. The molecule has 6 heteroatoms. The van der Waals surface area contributed by atoms with E-state index in [4.69, 9.17) is 20.4 Å². The molecule has 0 spiro atoms. The zero-order chi connectivity index (χ0) is 24.1. The van der Waals surface area contributed by atoms with Gasteiger partial charge in [-0.2, -0.15) is 0 Å². The lowest BCUT2D eigenvalue weighted by molar-refractivity contribution is -0.122. The molecule has 0 aliphatic rings. The minimum absolute atomic E-state index is 0.0270. The van der Waals surface area contributed by atoms with Gasteiger partial charge in [0.2, 0.25) is 5.91 Å². The summed E-state index contributed by atoms with van der Waals surface area (Å²) in [7, 11) is 0. The van der Waals surface area contributed by atoms with E-state index < -0.39 is 5.91 Å². The van der Waals surface area contributed by atoms with Crippen LogP contribution < -0.4 is 10.6 Å². The van der Waals surface area contributed by atoms with Crippen LogP contribution in [0.4, 0.5) is 5.82 Å². The summed E-state index contributed by atoms with van der Waals surface area (Å²) in [5.74, 6) is 0.414. The predicted octanol–water partition coefficient (Wildman–Crippen LogP) is 5.33. The first kappa shape index (κ1) is 26.0. The quantitative estimate of drug-likeness (QED) is 0.401. The third-order valence-electron chi connectivity index (χ3n) is 4.95. The Hall–Kier alpha value is -3.25. The van der Waals surface area contributed by atoms with Gasteiger partial charge in [0.1, 0.15) is 12.4 Å². The molecule has 2 N–H and O–H groups in total. The number of rotatable bonds is 11. The largest absolute Gasteiger partial charge is 0.372 e. The van der Waals surface area contributed by atoms with E-state index in [0.29, 0.717) is 6.61 Å². The number of hydrogen-bond donors (Lipinski definition) is 1. The summed E-state index contributed by atoms with van der Waals surface area (Å²) >= 11 is 0. The molecule has 3 rings (SSSR count). The average Bonchev–Trinajstić information content (AvgIpc) is 2.85. The summed E-state index contributed by atoms with van der Waals surface area (Å²) < 4.78 is 5.26. The van der Waals surface area contributed by atoms with E-state index in [1.807, 2.05) is 56.4 Å². The van der Waals surface area contributed by atoms with Crippen molar-refractivity contribution in [3.05, 3.63) is 66.9 Å². The molecule has 0 atom stereocenters. The van der Waals surface area contributed by atoms with E-state index in [1.165, 1.54) is 0 Å². The molecular formula is C27H36N4O2. The highest BCUT2D eigenvalue weighted by molar-refractivity contribution is 5.78. The first-order chi connectivity index (χ1) is 16.1. The summed E-state index contributed by atoms with van der Waals surface area (Å²) in [5.41, 5.74) is 8.93. The molecule has 0 aliphatic carbocycles. The maximum atomic E-state index is 10.8. The number of anilines is 1. The highest BCUT2D eigenvalue weighted by Crippen LogP contribution is 2.30. The Kier molecular flexibility index (Phi) is 11.0. The van der Waals surface area contributed by atoms with Gasteiger partial charge in [0, 0.05) is 30.3 Å². The highest BCUT2D eigenvalue weighted by Gasteiger charge is 2.17. The van der Waals surface area contributed by atoms with Crippen LogP contribution in [0.5, 0.6) is 0 Å². The molecule has 0 aliphatic heterocycles. The van der Waals surface area contributed by atoms with Crippen molar-refractivity contribution in [2.75, 3.05) is 24.7 Å². The summed E-state index contributed by atoms with van der Waals surface area (Å²) in [4.78, 5) is 22.9. The molecule has 0 radical (unpaired) electrons. The van der Waals surface area contributed by atoms with E-state index >= 15 is 0 Å². The smallest absolute Gasteiger partial charge is 0.243 e.